The summed E-state index contributed by atoms with van der Waals surface area (Å²) in [4.78, 5) is 6.50. The number of ether oxygens (including phenoxy) is 2. The van der Waals surface area contributed by atoms with Crippen molar-refractivity contribution in [2.24, 2.45) is 4.99 Å². The number of hydrogen-bond acceptors (Lipinski definition) is 6. The Morgan fingerprint density at radius 2 is 2.07 bits per heavy atom. The van der Waals surface area contributed by atoms with Gasteiger partial charge in [0.05, 0.1) is 6.54 Å². The highest BCUT2D eigenvalue weighted by atomic mass is 127. The number of benzene rings is 1. The van der Waals surface area contributed by atoms with E-state index >= 15 is 0 Å². The monoisotopic (exact) mass is 552 g/mol. The maximum Gasteiger partial charge on any atom is 0.250 e. The first-order valence-electron chi connectivity index (χ1n) is 8.91. The van der Waals surface area contributed by atoms with E-state index < -0.39 is 10.0 Å². The van der Waals surface area contributed by atoms with E-state index in [1.54, 1.807) is 17.5 Å². The van der Waals surface area contributed by atoms with E-state index in [1.165, 1.54) is 11.3 Å². The number of rotatable bonds is 8. The molecule has 1 aromatic heterocycles. The van der Waals surface area contributed by atoms with Crippen molar-refractivity contribution in [3.05, 3.63) is 41.3 Å². The van der Waals surface area contributed by atoms with Gasteiger partial charge in [-0.05, 0) is 36.1 Å². The zero-order valence-electron chi connectivity index (χ0n) is 16.3. The van der Waals surface area contributed by atoms with Crippen molar-refractivity contribution in [3.63, 3.8) is 0 Å². The summed E-state index contributed by atoms with van der Waals surface area (Å²) in [6.45, 7) is 4.14. The molecule has 0 saturated carbocycles. The normalized spacial score (nSPS) is 13.1. The van der Waals surface area contributed by atoms with Crippen LogP contribution in [-0.2, 0) is 16.6 Å². The third kappa shape index (κ3) is 6.46. The Morgan fingerprint density at radius 1 is 1.28 bits per heavy atom. The van der Waals surface area contributed by atoms with Crippen LogP contribution in [0.5, 0.6) is 11.5 Å². The van der Waals surface area contributed by atoms with Crippen molar-refractivity contribution in [1.82, 2.24) is 14.9 Å². The molecule has 2 heterocycles. The average molecular weight is 552 g/mol. The molecule has 0 amide bonds. The Kier molecular flexibility index (Phi) is 8.99. The minimum atomic E-state index is -3.46. The van der Waals surface area contributed by atoms with E-state index in [0.29, 0.717) is 29.8 Å². The predicted molar refractivity (Wildman–Crippen MR) is 125 cm³/mol. The molecule has 2 N–H and O–H groups in total. The van der Waals surface area contributed by atoms with Gasteiger partial charge in [0, 0.05) is 26.7 Å². The van der Waals surface area contributed by atoms with Crippen LogP contribution in [0.1, 0.15) is 12.5 Å². The second kappa shape index (κ2) is 11.0. The van der Waals surface area contributed by atoms with Crippen LogP contribution in [-0.4, -0.2) is 52.8 Å². The lowest BCUT2D eigenvalue weighted by atomic mass is 10.2. The Hall–Kier alpha value is -1.57. The highest BCUT2D eigenvalue weighted by Crippen LogP contribution is 2.32. The van der Waals surface area contributed by atoms with Gasteiger partial charge in [0.1, 0.15) is 4.21 Å². The van der Waals surface area contributed by atoms with E-state index in [-0.39, 0.29) is 37.3 Å². The number of hydrogen-bond donors (Lipinski definition) is 2. The molecule has 8 nitrogen and oxygen atoms in total. The van der Waals surface area contributed by atoms with Gasteiger partial charge in [0.2, 0.25) is 16.8 Å². The van der Waals surface area contributed by atoms with E-state index in [9.17, 15) is 8.42 Å². The average Bonchev–Trinajstić information content (AvgIpc) is 3.35. The van der Waals surface area contributed by atoms with Crippen molar-refractivity contribution >= 4 is 51.3 Å². The Morgan fingerprint density at radius 3 is 2.79 bits per heavy atom. The van der Waals surface area contributed by atoms with Crippen LogP contribution in [0.2, 0.25) is 0 Å². The summed E-state index contributed by atoms with van der Waals surface area (Å²) in [6, 6.07) is 9.14. The molecule has 0 radical (unpaired) electrons. The van der Waals surface area contributed by atoms with Crippen LogP contribution < -0.4 is 19.5 Å². The highest BCUT2D eigenvalue weighted by molar-refractivity contribution is 14.0. The number of thiophene rings is 1. The smallest absolute Gasteiger partial charge is 0.250 e. The summed E-state index contributed by atoms with van der Waals surface area (Å²) in [6.07, 6.45) is 0. The maximum atomic E-state index is 12.1. The summed E-state index contributed by atoms with van der Waals surface area (Å²) in [7, 11) is -1.53. The Balaban J connectivity index is 0.00000300. The molecular formula is C18H25IN4O4S2. The van der Waals surface area contributed by atoms with Crippen LogP contribution in [0, 0.1) is 0 Å². The van der Waals surface area contributed by atoms with Gasteiger partial charge in [-0.2, -0.15) is 0 Å². The fourth-order valence-corrected chi connectivity index (χ4v) is 4.75. The standard InChI is InChI=1S/C18H24N4O4S2.HI/c1-3-19-18(20-8-9-21-28(23,24)17-5-4-10-27-17)22(2)12-14-6-7-15-16(11-14)26-13-25-15;/h4-7,10-11,21H,3,8-9,12-13H2,1-2H3,(H,19,20);1H. The molecule has 0 unspecified atom stereocenters. The van der Waals surface area contributed by atoms with Gasteiger partial charge in [-0.1, -0.05) is 12.1 Å². The van der Waals surface area contributed by atoms with Gasteiger partial charge >= 0.3 is 0 Å². The van der Waals surface area contributed by atoms with Crippen LogP contribution in [0.15, 0.2) is 44.9 Å². The molecule has 0 spiro atoms. The fraction of sp³-hybridized carbons (Fsp3) is 0.389. The van der Waals surface area contributed by atoms with Gasteiger partial charge in [-0.25, -0.2) is 13.1 Å². The summed E-state index contributed by atoms with van der Waals surface area (Å²) < 4.78 is 37.9. The SMILES string of the molecule is CCNC(=NCCNS(=O)(=O)c1cccs1)N(C)Cc1ccc2c(c1)OCO2.I. The molecule has 11 heteroatoms. The molecular weight excluding hydrogens is 527 g/mol. The minimum absolute atomic E-state index is 0. The van der Waals surface area contributed by atoms with Gasteiger partial charge in [0.25, 0.3) is 0 Å². The van der Waals surface area contributed by atoms with E-state index in [1.807, 2.05) is 37.1 Å². The highest BCUT2D eigenvalue weighted by Gasteiger charge is 2.16. The lowest BCUT2D eigenvalue weighted by molar-refractivity contribution is 0.174. The van der Waals surface area contributed by atoms with Crippen molar-refractivity contribution in [2.75, 3.05) is 33.5 Å². The first kappa shape index (κ1) is 23.7. The summed E-state index contributed by atoms with van der Waals surface area (Å²) >= 11 is 1.19. The molecule has 0 fully saturated rings. The molecule has 0 atom stereocenters. The first-order chi connectivity index (χ1) is 13.5. The van der Waals surface area contributed by atoms with Gasteiger partial charge in [-0.3, -0.25) is 4.99 Å². The van der Waals surface area contributed by atoms with Crippen LogP contribution in [0.3, 0.4) is 0 Å². The number of nitrogens with zero attached hydrogens (tertiary/aromatic N) is 2. The molecule has 29 heavy (non-hydrogen) atoms. The van der Waals surface area contributed by atoms with Gasteiger partial charge in [-0.15, -0.1) is 35.3 Å². The number of fused-ring (bicyclic) bond motifs is 1. The summed E-state index contributed by atoms with van der Waals surface area (Å²) in [5.74, 6) is 2.20. The zero-order valence-corrected chi connectivity index (χ0v) is 20.2. The molecule has 1 aliphatic heterocycles. The predicted octanol–water partition coefficient (Wildman–Crippen LogP) is 2.47. The molecule has 1 aromatic carbocycles. The lowest BCUT2D eigenvalue weighted by Crippen LogP contribution is -2.39. The molecule has 160 valence electrons. The zero-order chi connectivity index (χ0) is 20.0. The van der Waals surface area contributed by atoms with E-state index in [0.717, 1.165) is 17.1 Å². The Labute approximate surface area is 192 Å². The topological polar surface area (TPSA) is 92.3 Å². The second-order valence-electron chi connectivity index (χ2n) is 6.11. The number of halogens is 1. The quantitative estimate of drug-likeness (QED) is 0.226. The second-order valence-corrected chi connectivity index (χ2v) is 9.05. The lowest BCUT2D eigenvalue weighted by Gasteiger charge is -2.22. The van der Waals surface area contributed by atoms with Crippen molar-refractivity contribution in [2.45, 2.75) is 17.7 Å². The van der Waals surface area contributed by atoms with Crippen LogP contribution in [0.4, 0.5) is 0 Å². The van der Waals surface area contributed by atoms with Gasteiger partial charge in [0.15, 0.2) is 17.5 Å². The first-order valence-corrected chi connectivity index (χ1v) is 11.3. The molecule has 0 bridgehead atoms. The molecule has 3 rings (SSSR count). The van der Waals surface area contributed by atoms with E-state index in [2.05, 4.69) is 15.0 Å². The molecule has 1 aliphatic rings. The van der Waals surface area contributed by atoms with Crippen molar-refractivity contribution < 1.29 is 17.9 Å². The number of guanidine groups is 1. The number of sulfonamides is 1. The number of nitrogens with one attached hydrogen (secondary N) is 2. The summed E-state index contributed by atoms with van der Waals surface area (Å²) in [5, 5.41) is 4.96. The van der Waals surface area contributed by atoms with Gasteiger partial charge < -0.3 is 19.7 Å². The van der Waals surface area contributed by atoms with Crippen molar-refractivity contribution in [3.8, 4) is 11.5 Å². The third-order valence-electron chi connectivity index (χ3n) is 3.98. The molecule has 0 aliphatic carbocycles. The number of aliphatic imine (C=N–C) groups is 1. The van der Waals surface area contributed by atoms with Crippen LogP contribution in [0.25, 0.3) is 0 Å². The van der Waals surface area contributed by atoms with Crippen LogP contribution >= 0.6 is 35.3 Å². The van der Waals surface area contributed by atoms with E-state index in [4.69, 9.17) is 9.47 Å². The summed E-state index contributed by atoms with van der Waals surface area (Å²) in [5.41, 5.74) is 1.07. The fourth-order valence-electron chi connectivity index (χ4n) is 2.69. The minimum Gasteiger partial charge on any atom is -0.454 e. The van der Waals surface area contributed by atoms with Crippen molar-refractivity contribution in [1.29, 1.82) is 0 Å². The Bertz CT molecular complexity index is 920. The maximum absolute atomic E-state index is 12.1. The largest absolute Gasteiger partial charge is 0.454 e. The molecule has 2 aromatic rings. The molecule has 0 saturated heterocycles. The third-order valence-corrected chi connectivity index (χ3v) is 6.84.